The van der Waals surface area contributed by atoms with Gasteiger partial charge in [0.2, 0.25) is 0 Å². The molecule has 5 heteroatoms. The number of anilines is 1. The van der Waals surface area contributed by atoms with Gasteiger partial charge in [-0.05, 0) is 19.4 Å². The fourth-order valence-electron chi connectivity index (χ4n) is 2.30. The van der Waals surface area contributed by atoms with Crippen molar-refractivity contribution in [3.05, 3.63) is 18.1 Å². The highest BCUT2D eigenvalue weighted by Crippen LogP contribution is 2.14. The summed E-state index contributed by atoms with van der Waals surface area (Å²) in [6, 6.07) is 2.11. The number of hydrogen-bond donors (Lipinski definition) is 0. The van der Waals surface area contributed by atoms with Crippen LogP contribution in [0.1, 0.15) is 19.0 Å². The summed E-state index contributed by atoms with van der Waals surface area (Å²) in [5.41, 5.74) is 1.11. The van der Waals surface area contributed by atoms with Gasteiger partial charge >= 0.3 is 0 Å². The van der Waals surface area contributed by atoms with E-state index in [4.69, 9.17) is 11.6 Å². The zero-order valence-corrected chi connectivity index (χ0v) is 11.7. The van der Waals surface area contributed by atoms with Gasteiger partial charge in [0.25, 0.3) is 0 Å². The normalized spacial score (nSPS) is 17.8. The van der Waals surface area contributed by atoms with Crippen LogP contribution in [0.15, 0.2) is 12.4 Å². The minimum atomic E-state index is 0.716. The van der Waals surface area contributed by atoms with Crippen molar-refractivity contribution in [1.29, 1.82) is 0 Å². The maximum atomic E-state index is 5.81. The zero-order chi connectivity index (χ0) is 12.8. The second kappa shape index (κ2) is 6.90. The predicted octanol–water partition coefficient (Wildman–Crippen LogP) is 1.79. The molecule has 0 bridgehead atoms. The lowest BCUT2D eigenvalue weighted by Gasteiger charge is -2.22. The fraction of sp³-hybridized carbons (Fsp3) is 0.692. The smallest absolute Gasteiger partial charge is 0.132 e. The predicted molar refractivity (Wildman–Crippen MR) is 75.4 cm³/mol. The Balaban J connectivity index is 2.00. The lowest BCUT2D eigenvalue weighted by atomic mass is 10.3. The maximum absolute atomic E-state index is 5.81. The van der Waals surface area contributed by atoms with E-state index in [2.05, 4.69) is 32.8 Å². The monoisotopic (exact) mass is 268 g/mol. The number of aryl methyl sites for hydroxylation is 1. The molecule has 1 saturated heterocycles. The van der Waals surface area contributed by atoms with Gasteiger partial charge in [-0.15, -0.1) is 11.6 Å². The molecule has 0 aliphatic carbocycles. The average molecular weight is 269 g/mol. The lowest BCUT2D eigenvalue weighted by molar-refractivity contribution is 0.311. The third-order valence-electron chi connectivity index (χ3n) is 3.38. The molecule has 4 nitrogen and oxygen atoms in total. The number of nitrogens with zero attached hydrogens (tertiary/aromatic N) is 4. The Morgan fingerprint density at radius 3 is 2.89 bits per heavy atom. The van der Waals surface area contributed by atoms with Gasteiger partial charge in [-0.1, -0.05) is 6.92 Å². The van der Waals surface area contributed by atoms with Crippen LogP contribution in [0.5, 0.6) is 0 Å². The van der Waals surface area contributed by atoms with Gasteiger partial charge in [0.1, 0.15) is 12.1 Å². The molecule has 1 aromatic rings. The van der Waals surface area contributed by atoms with Crippen LogP contribution in [0.3, 0.4) is 0 Å². The summed E-state index contributed by atoms with van der Waals surface area (Å²) in [5.74, 6) is 1.78. The Morgan fingerprint density at radius 1 is 1.22 bits per heavy atom. The van der Waals surface area contributed by atoms with Crippen LogP contribution < -0.4 is 4.90 Å². The molecule has 2 heterocycles. The first-order chi connectivity index (χ1) is 8.83. The molecule has 1 fully saturated rings. The van der Waals surface area contributed by atoms with Crippen LogP contribution >= 0.6 is 11.6 Å². The van der Waals surface area contributed by atoms with Gasteiger partial charge in [0.15, 0.2) is 0 Å². The number of rotatable bonds is 4. The number of alkyl halides is 1. The molecule has 0 saturated carbocycles. The molecule has 0 aromatic carbocycles. The fourth-order valence-corrected chi connectivity index (χ4v) is 2.53. The summed E-state index contributed by atoms with van der Waals surface area (Å²) in [6.45, 7) is 7.40. The zero-order valence-electron chi connectivity index (χ0n) is 11.0. The molecular formula is C13H21ClN4. The van der Waals surface area contributed by atoms with Crippen molar-refractivity contribution in [2.24, 2.45) is 0 Å². The maximum Gasteiger partial charge on any atom is 0.132 e. The number of aromatic nitrogens is 2. The molecular weight excluding hydrogens is 248 g/mol. The quantitative estimate of drug-likeness (QED) is 0.780. The van der Waals surface area contributed by atoms with E-state index in [9.17, 15) is 0 Å². The number of halogens is 1. The Bertz CT molecular complexity index is 372. The average Bonchev–Trinajstić information content (AvgIpc) is 2.65. The molecule has 0 N–H and O–H groups in total. The molecule has 0 radical (unpaired) electrons. The highest BCUT2D eigenvalue weighted by molar-refractivity contribution is 6.18. The molecule has 0 unspecified atom stereocenters. The largest absolute Gasteiger partial charge is 0.355 e. The lowest BCUT2D eigenvalue weighted by Crippen LogP contribution is -2.32. The molecule has 0 spiro atoms. The molecule has 18 heavy (non-hydrogen) atoms. The van der Waals surface area contributed by atoms with Gasteiger partial charge in [-0.2, -0.15) is 0 Å². The van der Waals surface area contributed by atoms with Crippen LogP contribution in [0.25, 0.3) is 0 Å². The van der Waals surface area contributed by atoms with Crippen molar-refractivity contribution in [1.82, 2.24) is 14.9 Å². The highest BCUT2D eigenvalue weighted by atomic mass is 35.5. The second-order valence-electron chi connectivity index (χ2n) is 4.59. The third-order valence-corrected chi connectivity index (χ3v) is 3.55. The summed E-state index contributed by atoms with van der Waals surface area (Å²) < 4.78 is 0. The third kappa shape index (κ3) is 3.56. The summed E-state index contributed by atoms with van der Waals surface area (Å²) in [6.07, 6.45) is 3.81. The van der Waals surface area contributed by atoms with Gasteiger partial charge in [-0.25, -0.2) is 9.97 Å². The van der Waals surface area contributed by atoms with E-state index in [1.807, 2.05) is 0 Å². The standard InChI is InChI=1S/C13H21ClN4/c1-2-12-10-13(16-11-15-12)18-6-3-5-17(7-4-14)8-9-18/h10-11H,2-9H2,1H3. The molecule has 2 rings (SSSR count). The summed E-state index contributed by atoms with van der Waals surface area (Å²) in [7, 11) is 0. The van der Waals surface area contributed by atoms with Crippen molar-refractivity contribution < 1.29 is 0 Å². The Kier molecular flexibility index (Phi) is 5.20. The van der Waals surface area contributed by atoms with Crippen LogP contribution in [-0.4, -0.2) is 53.5 Å². The minimum Gasteiger partial charge on any atom is -0.355 e. The molecule has 0 amide bonds. The van der Waals surface area contributed by atoms with Gasteiger partial charge in [0.05, 0.1) is 0 Å². The van der Waals surface area contributed by atoms with Crippen molar-refractivity contribution >= 4 is 17.4 Å². The van der Waals surface area contributed by atoms with Gasteiger partial charge in [-0.3, -0.25) is 0 Å². The first kappa shape index (κ1) is 13.6. The summed E-state index contributed by atoms with van der Waals surface area (Å²) in [4.78, 5) is 13.4. The van der Waals surface area contributed by atoms with E-state index in [1.54, 1.807) is 6.33 Å². The second-order valence-corrected chi connectivity index (χ2v) is 4.97. The minimum absolute atomic E-state index is 0.716. The Morgan fingerprint density at radius 2 is 2.11 bits per heavy atom. The summed E-state index contributed by atoms with van der Waals surface area (Å²) >= 11 is 5.81. The van der Waals surface area contributed by atoms with E-state index in [0.717, 1.165) is 50.7 Å². The molecule has 0 atom stereocenters. The van der Waals surface area contributed by atoms with Crippen molar-refractivity contribution in [3.8, 4) is 0 Å². The summed E-state index contributed by atoms with van der Waals surface area (Å²) in [5, 5.41) is 0. The topological polar surface area (TPSA) is 32.3 Å². The van der Waals surface area contributed by atoms with Crippen LogP contribution in [0, 0.1) is 0 Å². The van der Waals surface area contributed by atoms with E-state index < -0.39 is 0 Å². The highest BCUT2D eigenvalue weighted by Gasteiger charge is 2.15. The first-order valence-corrected chi connectivity index (χ1v) is 7.21. The van der Waals surface area contributed by atoms with Crippen LogP contribution in [-0.2, 0) is 6.42 Å². The molecule has 1 aliphatic heterocycles. The van der Waals surface area contributed by atoms with Gasteiger partial charge < -0.3 is 9.80 Å². The van der Waals surface area contributed by atoms with E-state index in [0.29, 0.717) is 5.88 Å². The Hall–Kier alpha value is -0.870. The molecule has 1 aromatic heterocycles. The molecule has 100 valence electrons. The van der Waals surface area contributed by atoms with Crippen LogP contribution in [0.2, 0.25) is 0 Å². The van der Waals surface area contributed by atoms with E-state index in [-0.39, 0.29) is 0 Å². The Labute approximate surface area is 114 Å². The first-order valence-electron chi connectivity index (χ1n) is 6.67. The number of hydrogen-bond acceptors (Lipinski definition) is 4. The molecule has 1 aliphatic rings. The van der Waals surface area contributed by atoms with Crippen molar-refractivity contribution in [2.45, 2.75) is 19.8 Å². The SMILES string of the molecule is CCc1cc(N2CCCN(CCCl)CC2)ncn1. The van der Waals surface area contributed by atoms with E-state index >= 15 is 0 Å². The van der Waals surface area contributed by atoms with Crippen molar-refractivity contribution in [3.63, 3.8) is 0 Å². The van der Waals surface area contributed by atoms with Gasteiger partial charge in [0, 0.05) is 43.8 Å². The van der Waals surface area contributed by atoms with E-state index in [1.165, 1.54) is 6.42 Å². The van der Waals surface area contributed by atoms with Crippen molar-refractivity contribution in [2.75, 3.05) is 43.5 Å². The van der Waals surface area contributed by atoms with Crippen LogP contribution in [0.4, 0.5) is 5.82 Å².